The lowest BCUT2D eigenvalue weighted by atomic mass is 10.1. The van der Waals surface area contributed by atoms with Gasteiger partial charge in [-0.2, -0.15) is 0 Å². The number of carbonyl (C=O) groups excluding carboxylic acids is 1. The highest BCUT2D eigenvalue weighted by atomic mass is 16.4. The van der Waals surface area contributed by atoms with Crippen molar-refractivity contribution in [2.24, 2.45) is 0 Å². The lowest BCUT2D eigenvalue weighted by molar-refractivity contribution is -0.255. The van der Waals surface area contributed by atoms with Gasteiger partial charge in [0.2, 0.25) is 0 Å². The van der Waals surface area contributed by atoms with Gasteiger partial charge in [-0.25, -0.2) is 4.79 Å². The van der Waals surface area contributed by atoms with Crippen LogP contribution < -0.4 is 5.11 Å². The largest absolute Gasteiger partial charge is 0.545 e. The van der Waals surface area contributed by atoms with Crippen LogP contribution in [0.25, 0.3) is 0 Å². The molecule has 0 aliphatic rings. The number of aromatic carboxylic acids is 2. The first-order chi connectivity index (χ1) is 5.61. The topological polar surface area (TPSA) is 77.4 Å². The smallest absolute Gasteiger partial charge is 0.335 e. The van der Waals surface area contributed by atoms with Crippen LogP contribution in [-0.4, -0.2) is 17.0 Å². The van der Waals surface area contributed by atoms with Crippen LogP contribution in [0.3, 0.4) is 0 Å². The van der Waals surface area contributed by atoms with Gasteiger partial charge in [0.15, 0.2) is 0 Å². The van der Waals surface area contributed by atoms with E-state index in [-0.39, 0.29) is 18.6 Å². The molecule has 1 aromatic rings. The molecular formula is C9H9O4-. The Bertz CT molecular complexity index is 280. The van der Waals surface area contributed by atoms with Gasteiger partial charge in [-0.1, -0.05) is 19.6 Å². The van der Waals surface area contributed by atoms with Crippen LogP contribution in [0.15, 0.2) is 24.3 Å². The van der Waals surface area contributed by atoms with Gasteiger partial charge in [-0.05, 0) is 17.7 Å². The first-order valence-electron chi connectivity index (χ1n) is 3.16. The lowest BCUT2D eigenvalue weighted by Crippen LogP contribution is -2.22. The van der Waals surface area contributed by atoms with Crippen LogP contribution in [0, 0.1) is 0 Å². The van der Waals surface area contributed by atoms with Crippen molar-refractivity contribution in [2.75, 3.05) is 0 Å². The van der Waals surface area contributed by atoms with Crippen molar-refractivity contribution in [3.63, 3.8) is 0 Å². The zero-order chi connectivity index (χ0) is 9.14. The first-order valence-corrected chi connectivity index (χ1v) is 3.16. The maximum Gasteiger partial charge on any atom is 0.335 e. The molecule has 0 saturated carbocycles. The van der Waals surface area contributed by atoms with E-state index in [2.05, 4.69) is 0 Å². The van der Waals surface area contributed by atoms with E-state index >= 15 is 0 Å². The van der Waals surface area contributed by atoms with Gasteiger partial charge in [0.25, 0.3) is 0 Å². The SMILES string of the molecule is C.O=C([O-])c1ccc(C(=O)O)cc1. The number of hydrogen-bond donors (Lipinski definition) is 1. The molecular weight excluding hydrogens is 172 g/mol. The highest BCUT2D eigenvalue weighted by Crippen LogP contribution is 2.02. The van der Waals surface area contributed by atoms with Gasteiger partial charge in [-0.15, -0.1) is 0 Å². The number of carboxylic acids is 2. The Balaban J connectivity index is 0.00000144. The van der Waals surface area contributed by atoms with Gasteiger partial charge in [-0.3, -0.25) is 0 Å². The highest BCUT2D eigenvalue weighted by Gasteiger charge is 2.00. The molecule has 0 bridgehead atoms. The molecule has 0 unspecified atom stereocenters. The predicted octanol–water partition coefficient (Wildman–Crippen LogP) is 0.384. The monoisotopic (exact) mass is 181 g/mol. The minimum Gasteiger partial charge on any atom is -0.545 e. The number of benzene rings is 1. The molecule has 4 heteroatoms. The number of hydrogen-bond acceptors (Lipinski definition) is 3. The minimum atomic E-state index is -1.31. The van der Waals surface area contributed by atoms with E-state index in [1.807, 2.05) is 0 Å². The number of carboxylic acid groups (broad SMARTS) is 2. The molecule has 0 atom stereocenters. The van der Waals surface area contributed by atoms with E-state index in [0.717, 1.165) is 0 Å². The van der Waals surface area contributed by atoms with E-state index in [1.165, 1.54) is 24.3 Å². The van der Waals surface area contributed by atoms with Crippen LogP contribution in [0.1, 0.15) is 28.1 Å². The average molecular weight is 181 g/mol. The molecule has 0 saturated heterocycles. The van der Waals surface area contributed by atoms with E-state index in [1.54, 1.807) is 0 Å². The van der Waals surface area contributed by atoms with Crippen molar-refractivity contribution in [2.45, 2.75) is 7.43 Å². The van der Waals surface area contributed by atoms with E-state index in [9.17, 15) is 14.7 Å². The Hall–Kier alpha value is -1.84. The second-order valence-electron chi connectivity index (χ2n) is 2.17. The fourth-order valence-electron chi connectivity index (χ4n) is 0.749. The van der Waals surface area contributed by atoms with Crippen molar-refractivity contribution in [1.82, 2.24) is 0 Å². The van der Waals surface area contributed by atoms with E-state index in [0.29, 0.717) is 0 Å². The Labute approximate surface area is 75.4 Å². The van der Waals surface area contributed by atoms with Crippen LogP contribution in [0.4, 0.5) is 0 Å². The molecule has 0 aromatic heterocycles. The van der Waals surface area contributed by atoms with Crippen molar-refractivity contribution in [1.29, 1.82) is 0 Å². The zero-order valence-corrected chi connectivity index (χ0v) is 5.98. The second-order valence-corrected chi connectivity index (χ2v) is 2.17. The standard InChI is InChI=1S/C8H6O4.CH4/c9-7(10)5-1-2-6(4-3-5)8(11)12;/h1-4H,(H,9,10)(H,11,12);1H4/p-1. The van der Waals surface area contributed by atoms with Gasteiger partial charge < -0.3 is 15.0 Å². The molecule has 4 nitrogen and oxygen atoms in total. The molecule has 0 aliphatic carbocycles. The molecule has 1 rings (SSSR count). The summed E-state index contributed by atoms with van der Waals surface area (Å²) >= 11 is 0. The maximum absolute atomic E-state index is 10.3. The Kier molecular flexibility index (Phi) is 3.65. The fraction of sp³-hybridized carbons (Fsp3) is 0.111. The third-order valence-electron chi connectivity index (χ3n) is 1.37. The summed E-state index contributed by atoms with van der Waals surface area (Å²) in [6, 6.07) is 4.82. The quantitative estimate of drug-likeness (QED) is 0.715. The van der Waals surface area contributed by atoms with Gasteiger partial charge in [0.05, 0.1) is 11.5 Å². The summed E-state index contributed by atoms with van der Waals surface area (Å²) in [7, 11) is 0. The van der Waals surface area contributed by atoms with Crippen LogP contribution in [0.5, 0.6) is 0 Å². The fourth-order valence-corrected chi connectivity index (χ4v) is 0.749. The normalized spacial score (nSPS) is 8.62. The highest BCUT2D eigenvalue weighted by molar-refractivity contribution is 5.90. The molecule has 0 heterocycles. The Morgan fingerprint density at radius 3 is 1.77 bits per heavy atom. The average Bonchev–Trinajstić information content (AvgIpc) is 2.04. The summed E-state index contributed by atoms with van der Waals surface area (Å²) in [6.07, 6.45) is 0. The van der Waals surface area contributed by atoms with Crippen molar-refractivity contribution < 1.29 is 19.8 Å². The van der Waals surface area contributed by atoms with Crippen LogP contribution in [0.2, 0.25) is 0 Å². The molecule has 0 amide bonds. The Morgan fingerprint density at radius 2 is 1.46 bits per heavy atom. The number of rotatable bonds is 2. The molecule has 0 fully saturated rings. The van der Waals surface area contributed by atoms with Crippen molar-refractivity contribution in [3.05, 3.63) is 35.4 Å². The number of carbonyl (C=O) groups is 2. The van der Waals surface area contributed by atoms with Gasteiger partial charge in [0, 0.05) is 0 Å². The first kappa shape index (κ1) is 11.2. The molecule has 1 N–H and O–H groups in total. The third kappa shape index (κ3) is 2.59. The molecule has 0 aliphatic heterocycles. The summed E-state index contributed by atoms with van der Waals surface area (Å²) in [5.74, 6) is -2.40. The maximum atomic E-state index is 10.3. The molecule has 1 aromatic carbocycles. The molecule has 13 heavy (non-hydrogen) atoms. The third-order valence-corrected chi connectivity index (χ3v) is 1.37. The molecule has 0 spiro atoms. The molecule has 70 valence electrons. The van der Waals surface area contributed by atoms with Crippen molar-refractivity contribution in [3.8, 4) is 0 Å². The lowest BCUT2D eigenvalue weighted by Gasteiger charge is -2.00. The molecule has 0 radical (unpaired) electrons. The van der Waals surface area contributed by atoms with Gasteiger partial charge >= 0.3 is 5.97 Å². The van der Waals surface area contributed by atoms with E-state index in [4.69, 9.17) is 5.11 Å². The van der Waals surface area contributed by atoms with Gasteiger partial charge in [0.1, 0.15) is 0 Å². The summed E-state index contributed by atoms with van der Waals surface area (Å²) in [5, 5.41) is 18.7. The second kappa shape index (κ2) is 4.25. The van der Waals surface area contributed by atoms with Crippen molar-refractivity contribution >= 4 is 11.9 Å². The summed E-state index contributed by atoms with van der Waals surface area (Å²) in [4.78, 5) is 20.5. The predicted molar refractivity (Wildman–Crippen MR) is 44.5 cm³/mol. The summed E-state index contributed by atoms with van der Waals surface area (Å²) in [5.41, 5.74) is 0.0278. The summed E-state index contributed by atoms with van der Waals surface area (Å²) < 4.78 is 0. The Morgan fingerprint density at radius 1 is 1.08 bits per heavy atom. The van der Waals surface area contributed by atoms with E-state index < -0.39 is 11.9 Å². The minimum absolute atomic E-state index is 0. The summed E-state index contributed by atoms with van der Waals surface area (Å²) in [6.45, 7) is 0. The zero-order valence-electron chi connectivity index (χ0n) is 5.98. The van der Waals surface area contributed by atoms with Crippen LogP contribution in [-0.2, 0) is 0 Å². The van der Waals surface area contributed by atoms with Crippen LogP contribution >= 0.6 is 0 Å².